The van der Waals surface area contributed by atoms with Crippen LogP contribution in [0.3, 0.4) is 0 Å². The Labute approximate surface area is 183 Å². The van der Waals surface area contributed by atoms with Crippen molar-refractivity contribution in [2.75, 3.05) is 13.1 Å². The molecule has 10 heteroatoms. The van der Waals surface area contributed by atoms with Crippen molar-refractivity contribution in [2.24, 2.45) is 4.99 Å². The standard InChI is InChI=1S/C21H30N4O5S/c1-14(23-18-16-10-5-6-11-17(16)31(28,29)24-18)19(26)25-12-8-7-9-15(25)13-22-20(27)30-21(2,3)4/h5-6,10-11,14-15H,7-9,12-13H2,1-4H3,(H,22,27)(H,23,24)/t14-,15?/m0/s1. The van der Waals surface area contributed by atoms with Crippen molar-refractivity contribution in [3.05, 3.63) is 29.8 Å². The molecule has 0 spiro atoms. The summed E-state index contributed by atoms with van der Waals surface area (Å²) in [6.07, 6.45) is 2.07. The monoisotopic (exact) mass is 450 g/mol. The number of amidine groups is 1. The van der Waals surface area contributed by atoms with E-state index in [1.165, 1.54) is 6.07 Å². The molecule has 170 valence electrons. The average Bonchev–Trinajstić information content (AvgIpc) is 2.95. The van der Waals surface area contributed by atoms with E-state index in [1.807, 2.05) is 0 Å². The fourth-order valence-corrected chi connectivity index (χ4v) is 4.98. The second-order valence-electron chi connectivity index (χ2n) is 8.82. The van der Waals surface area contributed by atoms with E-state index in [1.54, 1.807) is 50.8 Å². The number of rotatable bonds is 4. The van der Waals surface area contributed by atoms with E-state index in [0.717, 1.165) is 19.3 Å². The Kier molecular flexibility index (Phi) is 6.59. The highest BCUT2D eigenvalue weighted by atomic mass is 32.2. The number of amides is 2. The van der Waals surface area contributed by atoms with Gasteiger partial charge in [0.15, 0.2) is 0 Å². The third kappa shape index (κ3) is 5.55. The Balaban J connectivity index is 1.70. The predicted molar refractivity (Wildman–Crippen MR) is 116 cm³/mol. The maximum atomic E-state index is 13.1. The lowest BCUT2D eigenvalue weighted by atomic mass is 10.0. The van der Waals surface area contributed by atoms with Crippen LogP contribution in [0.1, 0.15) is 52.5 Å². The van der Waals surface area contributed by atoms with E-state index in [0.29, 0.717) is 18.7 Å². The fraction of sp³-hybridized carbons (Fsp3) is 0.571. The number of likely N-dealkylation sites (tertiary alicyclic amines) is 1. The van der Waals surface area contributed by atoms with Crippen LogP contribution in [0, 0.1) is 0 Å². The molecular formula is C21H30N4O5S. The summed E-state index contributed by atoms with van der Waals surface area (Å²) < 4.78 is 32.3. The second kappa shape index (κ2) is 8.86. The van der Waals surface area contributed by atoms with Crippen LogP contribution in [0.25, 0.3) is 0 Å². The highest BCUT2D eigenvalue weighted by molar-refractivity contribution is 7.90. The minimum absolute atomic E-state index is 0.158. The molecule has 0 aliphatic carbocycles. The first kappa shape index (κ1) is 23.1. The largest absolute Gasteiger partial charge is 0.444 e. The van der Waals surface area contributed by atoms with Crippen molar-refractivity contribution in [1.29, 1.82) is 0 Å². The van der Waals surface area contributed by atoms with Crippen molar-refractivity contribution in [1.82, 2.24) is 14.9 Å². The van der Waals surface area contributed by atoms with Crippen LogP contribution in [-0.2, 0) is 19.6 Å². The molecule has 1 saturated heterocycles. The molecule has 1 aromatic carbocycles. The summed E-state index contributed by atoms with van der Waals surface area (Å²) in [6, 6.07) is 5.61. The van der Waals surface area contributed by atoms with Crippen LogP contribution >= 0.6 is 0 Å². The van der Waals surface area contributed by atoms with Crippen LogP contribution in [0.4, 0.5) is 4.79 Å². The molecule has 1 unspecified atom stereocenters. The van der Waals surface area contributed by atoms with Crippen molar-refractivity contribution in [2.45, 2.75) is 69.5 Å². The van der Waals surface area contributed by atoms with Gasteiger partial charge < -0.3 is 15.0 Å². The Morgan fingerprint density at radius 1 is 1.29 bits per heavy atom. The van der Waals surface area contributed by atoms with Gasteiger partial charge in [-0.1, -0.05) is 12.1 Å². The van der Waals surface area contributed by atoms with E-state index >= 15 is 0 Å². The number of carbonyl (C=O) groups excluding carboxylic acids is 2. The molecule has 2 aliphatic rings. The minimum atomic E-state index is -3.66. The van der Waals surface area contributed by atoms with Crippen LogP contribution in [0.5, 0.6) is 0 Å². The van der Waals surface area contributed by atoms with Gasteiger partial charge in [0.25, 0.3) is 10.0 Å². The highest BCUT2D eigenvalue weighted by Crippen LogP contribution is 2.23. The van der Waals surface area contributed by atoms with Crippen molar-refractivity contribution in [3.63, 3.8) is 0 Å². The molecule has 2 N–H and O–H groups in total. The van der Waals surface area contributed by atoms with Gasteiger partial charge in [0.2, 0.25) is 5.91 Å². The minimum Gasteiger partial charge on any atom is -0.444 e. The van der Waals surface area contributed by atoms with Crippen LogP contribution < -0.4 is 10.0 Å². The smallest absolute Gasteiger partial charge is 0.407 e. The molecule has 0 bridgehead atoms. The molecule has 3 rings (SSSR count). The summed E-state index contributed by atoms with van der Waals surface area (Å²) >= 11 is 0. The van der Waals surface area contributed by atoms with Crippen LogP contribution in [0.2, 0.25) is 0 Å². The van der Waals surface area contributed by atoms with Gasteiger partial charge in [-0.2, -0.15) is 0 Å². The van der Waals surface area contributed by atoms with Gasteiger partial charge in [0.1, 0.15) is 17.5 Å². The molecule has 2 heterocycles. The number of nitrogens with one attached hydrogen (secondary N) is 2. The topological polar surface area (TPSA) is 117 Å². The average molecular weight is 451 g/mol. The molecular weight excluding hydrogens is 420 g/mol. The number of nitrogens with zero attached hydrogens (tertiary/aromatic N) is 2. The lowest BCUT2D eigenvalue weighted by molar-refractivity contribution is -0.135. The number of ether oxygens (including phenoxy) is 1. The van der Waals surface area contributed by atoms with Gasteiger partial charge >= 0.3 is 6.09 Å². The lowest BCUT2D eigenvalue weighted by Crippen LogP contribution is -2.52. The molecule has 1 aromatic rings. The van der Waals surface area contributed by atoms with Crippen LogP contribution in [-0.4, -0.2) is 61.9 Å². The Morgan fingerprint density at radius 2 is 2.00 bits per heavy atom. The highest BCUT2D eigenvalue weighted by Gasteiger charge is 2.34. The molecule has 1 fully saturated rings. The maximum absolute atomic E-state index is 13.1. The van der Waals surface area contributed by atoms with E-state index in [9.17, 15) is 18.0 Å². The van der Waals surface area contributed by atoms with Gasteiger partial charge in [0.05, 0.1) is 4.90 Å². The number of benzene rings is 1. The summed E-state index contributed by atoms with van der Waals surface area (Å²) in [5.74, 6) is -0.0244. The number of hydrogen-bond donors (Lipinski definition) is 2. The van der Waals surface area contributed by atoms with Gasteiger partial charge in [0, 0.05) is 24.7 Å². The third-order valence-electron chi connectivity index (χ3n) is 5.13. The predicted octanol–water partition coefficient (Wildman–Crippen LogP) is 2.02. The number of aliphatic imine (C=N–C) groups is 1. The first-order valence-corrected chi connectivity index (χ1v) is 11.9. The van der Waals surface area contributed by atoms with Crippen molar-refractivity contribution in [3.8, 4) is 0 Å². The van der Waals surface area contributed by atoms with Gasteiger partial charge in [-0.25, -0.2) is 13.2 Å². The van der Waals surface area contributed by atoms with E-state index in [2.05, 4.69) is 15.0 Å². The molecule has 2 atom stereocenters. The molecule has 31 heavy (non-hydrogen) atoms. The lowest BCUT2D eigenvalue weighted by Gasteiger charge is -2.37. The van der Waals surface area contributed by atoms with Crippen molar-refractivity contribution >= 4 is 27.9 Å². The molecule has 2 aliphatic heterocycles. The molecule has 0 saturated carbocycles. The normalized spacial score (nSPS) is 22.4. The number of hydrogen-bond acceptors (Lipinski definition) is 6. The fourth-order valence-electron chi connectivity index (χ4n) is 3.74. The second-order valence-corrected chi connectivity index (χ2v) is 10.5. The van der Waals surface area contributed by atoms with E-state index < -0.39 is 27.8 Å². The van der Waals surface area contributed by atoms with Gasteiger partial charge in [-0.05, 0) is 59.1 Å². The number of sulfonamides is 1. The van der Waals surface area contributed by atoms with E-state index in [4.69, 9.17) is 4.74 Å². The SMILES string of the molecule is C[C@H](N=C1NS(=O)(=O)c2ccccc21)C(=O)N1CCCCC1CNC(=O)OC(C)(C)C. The van der Waals surface area contributed by atoms with E-state index in [-0.39, 0.29) is 22.7 Å². The Morgan fingerprint density at radius 3 is 2.71 bits per heavy atom. The molecule has 2 amide bonds. The third-order valence-corrected chi connectivity index (χ3v) is 6.53. The number of piperidine rings is 1. The first-order valence-electron chi connectivity index (χ1n) is 10.5. The van der Waals surface area contributed by atoms with Gasteiger partial charge in [-0.15, -0.1) is 0 Å². The van der Waals surface area contributed by atoms with Crippen LogP contribution in [0.15, 0.2) is 34.2 Å². The molecule has 0 aromatic heterocycles. The quantitative estimate of drug-likeness (QED) is 0.728. The summed E-state index contributed by atoms with van der Waals surface area (Å²) in [4.78, 5) is 31.4. The number of alkyl carbamates (subject to hydrolysis) is 1. The Bertz CT molecular complexity index is 984. The maximum Gasteiger partial charge on any atom is 0.407 e. The number of carbonyl (C=O) groups is 2. The van der Waals surface area contributed by atoms with Crippen molar-refractivity contribution < 1.29 is 22.7 Å². The van der Waals surface area contributed by atoms with Gasteiger partial charge in [-0.3, -0.25) is 14.5 Å². The zero-order chi connectivity index (χ0) is 22.8. The zero-order valence-corrected chi connectivity index (χ0v) is 19.2. The molecule has 9 nitrogen and oxygen atoms in total. The summed E-state index contributed by atoms with van der Waals surface area (Å²) in [7, 11) is -3.66. The first-order chi connectivity index (χ1) is 14.5. The summed E-state index contributed by atoms with van der Waals surface area (Å²) in [6.45, 7) is 7.88. The number of fused-ring (bicyclic) bond motifs is 1. The summed E-state index contributed by atoms with van der Waals surface area (Å²) in [5.41, 5.74) is -0.134. The molecule has 0 radical (unpaired) electrons. The zero-order valence-electron chi connectivity index (χ0n) is 18.3. The Hall–Kier alpha value is -2.62. The summed E-state index contributed by atoms with van der Waals surface area (Å²) in [5, 5.41) is 2.75.